The maximum atomic E-state index is 14.4. The van der Waals surface area contributed by atoms with Gasteiger partial charge in [-0.05, 0) is 31.0 Å². The van der Waals surface area contributed by atoms with Crippen LogP contribution in [0.5, 0.6) is 0 Å². The zero-order valence-corrected chi connectivity index (χ0v) is 22.8. The van der Waals surface area contributed by atoms with Crippen LogP contribution in [0.1, 0.15) is 25.8 Å². The third-order valence-corrected chi connectivity index (χ3v) is 8.98. The number of anilines is 1. The Morgan fingerprint density at radius 3 is 2.25 bits per heavy atom. The van der Waals surface area contributed by atoms with Gasteiger partial charge in [-0.25, -0.2) is 0 Å². The van der Waals surface area contributed by atoms with E-state index in [-0.39, 0.29) is 24.3 Å². The van der Waals surface area contributed by atoms with Crippen LogP contribution in [-0.4, -0.2) is 75.6 Å². The minimum absolute atomic E-state index is 0.197. The van der Waals surface area contributed by atoms with Gasteiger partial charge in [-0.1, -0.05) is 79.8 Å². The molecule has 0 saturated carbocycles. The Balaban J connectivity index is 1.47. The number of likely N-dealkylation sites (tertiary alicyclic amines) is 1. The molecule has 208 valence electrons. The van der Waals surface area contributed by atoms with Gasteiger partial charge < -0.3 is 24.5 Å². The molecule has 2 saturated heterocycles. The van der Waals surface area contributed by atoms with Crippen molar-refractivity contribution < 1.29 is 24.2 Å². The highest BCUT2D eigenvalue weighted by Gasteiger charge is 2.75. The van der Waals surface area contributed by atoms with Crippen LogP contribution in [0.15, 0.2) is 85.0 Å². The zero-order chi connectivity index (χ0) is 28.1. The second-order valence-electron chi connectivity index (χ2n) is 11.2. The van der Waals surface area contributed by atoms with Gasteiger partial charge in [0.05, 0.1) is 30.1 Å². The number of carbonyl (C=O) groups is 3. The van der Waals surface area contributed by atoms with E-state index in [0.717, 1.165) is 11.3 Å². The van der Waals surface area contributed by atoms with Crippen LogP contribution >= 0.6 is 0 Å². The number of hydrogen-bond acceptors (Lipinski definition) is 5. The second kappa shape index (κ2) is 10.0. The second-order valence-corrected chi connectivity index (χ2v) is 11.2. The molecule has 1 spiro atoms. The average molecular weight is 542 g/mol. The Hall–Kier alpha value is -3.75. The predicted molar refractivity (Wildman–Crippen MR) is 150 cm³/mol. The zero-order valence-electron chi connectivity index (χ0n) is 22.8. The van der Waals surface area contributed by atoms with E-state index in [9.17, 15) is 19.5 Å². The summed E-state index contributed by atoms with van der Waals surface area (Å²) < 4.78 is 6.98. The Kier molecular flexibility index (Phi) is 6.63. The van der Waals surface area contributed by atoms with Crippen LogP contribution in [-0.2, 0) is 25.7 Å². The topological polar surface area (TPSA) is 90.4 Å². The molecule has 0 bridgehead atoms. The van der Waals surface area contributed by atoms with Crippen LogP contribution in [0.2, 0.25) is 0 Å². The van der Waals surface area contributed by atoms with Gasteiger partial charge in [-0.3, -0.25) is 14.4 Å². The molecule has 1 unspecified atom stereocenters. The molecular formula is C32H35N3O5. The van der Waals surface area contributed by atoms with Crippen LogP contribution in [0.4, 0.5) is 5.69 Å². The summed E-state index contributed by atoms with van der Waals surface area (Å²) in [5.74, 6) is -2.52. The van der Waals surface area contributed by atoms with E-state index in [4.69, 9.17) is 4.74 Å². The summed E-state index contributed by atoms with van der Waals surface area (Å²) in [4.78, 5) is 48.2. The molecule has 0 aliphatic carbocycles. The number of nitrogens with zero attached hydrogens (tertiary/aromatic N) is 3. The minimum Gasteiger partial charge on any atom is -0.394 e. The summed E-state index contributed by atoms with van der Waals surface area (Å²) >= 11 is 0. The fourth-order valence-electron chi connectivity index (χ4n) is 7.09. The van der Waals surface area contributed by atoms with Crippen LogP contribution in [0.25, 0.3) is 0 Å². The molecule has 8 heteroatoms. The first-order valence-corrected chi connectivity index (χ1v) is 14.0. The van der Waals surface area contributed by atoms with E-state index < -0.39 is 35.1 Å². The van der Waals surface area contributed by atoms with Crippen molar-refractivity contribution in [3.63, 3.8) is 0 Å². The Labute approximate surface area is 234 Å². The third-order valence-electron chi connectivity index (χ3n) is 8.98. The molecule has 1 N–H and O–H groups in total. The molecule has 4 aliphatic heterocycles. The summed E-state index contributed by atoms with van der Waals surface area (Å²) in [7, 11) is 0. The highest BCUT2D eigenvalue weighted by atomic mass is 16.5. The quantitative estimate of drug-likeness (QED) is 0.568. The largest absolute Gasteiger partial charge is 0.394 e. The Morgan fingerprint density at radius 2 is 1.57 bits per heavy atom. The fourth-order valence-corrected chi connectivity index (χ4v) is 7.09. The minimum atomic E-state index is -1.34. The van der Waals surface area contributed by atoms with Gasteiger partial charge in [0.2, 0.25) is 17.7 Å². The van der Waals surface area contributed by atoms with Gasteiger partial charge in [0.1, 0.15) is 11.6 Å². The van der Waals surface area contributed by atoms with Crippen molar-refractivity contribution in [3.05, 3.63) is 90.5 Å². The molecule has 2 aromatic carbocycles. The first-order valence-electron chi connectivity index (χ1n) is 14.0. The number of ether oxygens (including phenoxy) is 1. The maximum Gasteiger partial charge on any atom is 0.249 e. The number of carbonyl (C=O) groups excluding carboxylic acids is 3. The van der Waals surface area contributed by atoms with Crippen molar-refractivity contribution in [3.8, 4) is 0 Å². The molecule has 2 aromatic rings. The number of amides is 3. The predicted octanol–water partition coefficient (Wildman–Crippen LogP) is 2.93. The fraction of sp³-hybridized carbons (Fsp3) is 0.406. The smallest absolute Gasteiger partial charge is 0.249 e. The van der Waals surface area contributed by atoms with Crippen molar-refractivity contribution >= 4 is 23.4 Å². The van der Waals surface area contributed by atoms with E-state index >= 15 is 0 Å². The lowest BCUT2D eigenvalue weighted by Crippen LogP contribution is -2.58. The van der Waals surface area contributed by atoms with Gasteiger partial charge >= 0.3 is 0 Å². The molecule has 3 amide bonds. The van der Waals surface area contributed by atoms with Gasteiger partial charge in [-0.2, -0.15) is 0 Å². The first-order chi connectivity index (χ1) is 19.4. The third kappa shape index (κ3) is 3.84. The molecule has 4 aliphatic rings. The molecule has 40 heavy (non-hydrogen) atoms. The van der Waals surface area contributed by atoms with Crippen molar-refractivity contribution in [1.82, 2.24) is 9.80 Å². The Morgan fingerprint density at radius 1 is 0.900 bits per heavy atom. The summed E-state index contributed by atoms with van der Waals surface area (Å²) in [6, 6.07) is 17.5. The lowest BCUT2D eigenvalue weighted by atomic mass is 9.73. The summed E-state index contributed by atoms with van der Waals surface area (Å²) in [6.45, 7) is 4.46. The number of hydrogen-bond donors (Lipinski definition) is 1. The molecular weight excluding hydrogens is 506 g/mol. The highest BCUT2D eigenvalue weighted by Crippen LogP contribution is 2.59. The summed E-state index contributed by atoms with van der Waals surface area (Å²) in [5.41, 5.74) is -0.674. The van der Waals surface area contributed by atoms with Crippen molar-refractivity contribution in [1.29, 1.82) is 0 Å². The van der Waals surface area contributed by atoms with E-state index in [1.807, 2.05) is 91.9 Å². The first kappa shape index (κ1) is 26.5. The highest BCUT2D eigenvalue weighted by molar-refractivity contribution is 6.04. The van der Waals surface area contributed by atoms with Gasteiger partial charge in [0.15, 0.2) is 0 Å². The van der Waals surface area contributed by atoms with Crippen molar-refractivity contribution in [2.75, 3.05) is 24.6 Å². The number of fused-ring (bicyclic) bond motifs is 2. The summed E-state index contributed by atoms with van der Waals surface area (Å²) in [5, 5.41) is 10.2. The molecule has 0 radical (unpaired) electrons. The van der Waals surface area contributed by atoms with Gasteiger partial charge in [0, 0.05) is 25.3 Å². The van der Waals surface area contributed by atoms with Crippen LogP contribution in [0, 0.1) is 11.8 Å². The Bertz CT molecular complexity index is 1360. The number of rotatable bonds is 6. The molecule has 4 heterocycles. The maximum absolute atomic E-state index is 14.4. The van der Waals surface area contributed by atoms with E-state index in [1.54, 1.807) is 16.7 Å². The summed E-state index contributed by atoms with van der Waals surface area (Å²) in [6.07, 6.45) is 8.08. The van der Waals surface area contributed by atoms with Gasteiger partial charge in [0.25, 0.3) is 0 Å². The van der Waals surface area contributed by atoms with Crippen molar-refractivity contribution in [2.24, 2.45) is 11.8 Å². The number of aliphatic hydroxyl groups is 1. The molecule has 2 fully saturated rings. The van der Waals surface area contributed by atoms with Gasteiger partial charge in [-0.15, -0.1) is 0 Å². The van der Waals surface area contributed by atoms with Crippen LogP contribution in [0.3, 0.4) is 0 Å². The average Bonchev–Trinajstić information content (AvgIpc) is 3.28. The monoisotopic (exact) mass is 541 g/mol. The normalized spacial score (nSPS) is 32.0. The van der Waals surface area contributed by atoms with E-state index in [1.165, 1.54) is 4.90 Å². The number of para-hydroxylation sites is 1. The molecule has 6 rings (SSSR count). The molecule has 6 atom stereocenters. The van der Waals surface area contributed by atoms with Crippen LogP contribution < -0.4 is 4.90 Å². The SMILES string of the molecule is CC[C@]12C=CCN(c3ccccc3)C(=O)[C@H]1[C@H]1C(=O)N([C@H](C)CO)C3C(=O)N(Cc4ccccc4)CC=C[C@@]31O2. The number of aliphatic hydroxyl groups excluding tert-OH is 1. The molecule has 0 aromatic heterocycles. The lowest BCUT2D eigenvalue weighted by molar-refractivity contribution is -0.155. The standard InChI is InChI=1S/C32H35N3O5/c1-3-31-16-10-19-34(24-14-8-5-9-15-24)28(37)25(31)26-29(38)35(22(2)21-36)27-30(39)33(18-11-17-32(26,27)40-31)20-23-12-6-4-7-13-23/h4-17,22,25-27,36H,3,18-21H2,1-2H3/t22-,25-,26+,27?,31+,32+/m1/s1. The van der Waals surface area contributed by atoms with E-state index in [2.05, 4.69) is 0 Å². The van der Waals surface area contributed by atoms with E-state index in [0.29, 0.717) is 26.1 Å². The lowest BCUT2D eigenvalue weighted by Gasteiger charge is -2.40. The molecule has 8 nitrogen and oxygen atoms in total. The van der Waals surface area contributed by atoms with Crippen molar-refractivity contribution in [2.45, 2.75) is 50.1 Å². The number of benzene rings is 2.